The van der Waals surface area contributed by atoms with E-state index >= 15 is 0 Å². The van der Waals surface area contributed by atoms with E-state index in [2.05, 4.69) is 4.98 Å². The summed E-state index contributed by atoms with van der Waals surface area (Å²) >= 11 is 1.59. The van der Waals surface area contributed by atoms with Gasteiger partial charge in [0.25, 0.3) is 0 Å². The lowest BCUT2D eigenvalue weighted by Gasteiger charge is -1.98. The average molecular weight is 174 g/mol. The van der Waals surface area contributed by atoms with Crippen molar-refractivity contribution in [3.63, 3.8) is 0 Å². The van der Waals surface area contributed by atoms with Crippen LogP contribution in [0.4, 0.5) is 4.39 Å². The molecule has 0 radical (unpaired) electrons. The SMILES string of the molecule is Cn1ccnc1SCCCF. The summed E-state index contributed by atoms with van der Waals surface area (Å²) in [6.45, 7) is -0.239. The van der Waals surface area contributed by atoms with Gasteiger partial charge in [-0.05, 0) is 6.42 Å². The molecule has 1 heterocycles. The molecule has 1 rings (SSSR count). The molecule has 0 N–H and O–H groups in total. The highest BCUT2D eigenvalue weighted by atomic mass is 32.2. The minimum absolute atomic E-state index is 0.239. The molecule has 0 saturated carbocycles. The van der Waals surface area contributed by atoms with Crippen LogP contribution in [-0.2, 0) is 7.05 Å². The van der Waals surface area contributed by atoms with Gasteiger partial charge in [0, 0.05) is 25.2 Å². The Bertz CT molecular complexity index is 212. The second-order valence-electron chi connectivity index (χ2n) is 2.21. The maximum Gasteiger partial charge on any atom is 0.167 e. The third-order valence-electron chi connectivity index (χ3n) is 1.29. The number of nitrogens with zero attached hydrogens (tertiary/aromatic N) is 2. The highest BCUT2D eigenvalue weighted by Crippen LogP contribution is 2.14. The van der Waals surface area contributed by atoms with Crippen LogP contribution in [-0.4, -0.2) is 22.0 Å². The van der Waals surface area contributed by atoms with Crippen LogP contribution < -0.4 is 0 Å². The van der Waals surface area contributed by atoms with Crippen molar-refractivity contribution in [3.8, 4) is 0 Å². The number of hydrogen-bond acceptors (Lipinski definition) is 2. The topological polar surface area (TPSA) is 17.8 Å². The lowest BCUT2D eigenvalue weighted by molar-refractivity contribution is 0.489. The molecule has 0 saturated heterocycles. The third-order valence-corrected chi connectivity index (χ3v) is 2.43. The summed E-state index contributed by atoms with van der Waals surface area (Å²) in [6.07, 6.45) is 4.24. The van der Waals surface area contributed by atoms with Gasteiger partial charge in [-0.2, -0.15) is 0 Å². The van der Waals surface area contributed by atoms with Crippen LogP contribution in [0.1, 0.15) is 6.42 Å². The molecule has 0 aliphatic rings. The van der Waals surface area contributed by atoms with Crippen LogP contribution in [0.3, 0.4) is 0 Å². The van der Waals surface area contributed by atoms with Gasteiger partial charge >= 0.3 is 0 Å². The molecule has 0 aromatic carbocycles. The van der Waals surface area contributed by atoms with Crippen LogP contribution in [0.5, 0.6) is 0 Å². The van der Waals surface area contributed by atoms with Gasteiger partial charge in [0.15, 0.2) is 5.16 Å². The zero-order chi connectivity index (χ0) is 8.10. The minimum atomic E-state index is -0.239. The number of aryl methyl sites for hydroxylation is 1. The lowest BCUT2D eigenvalue weighted by Crippen LogP contribution is -1.90. The quantitative estimate of drug-likeness (QED) is 0.512. The molecule has 0 amide bonds. The Morgan fingerprint density at radius 1 is 1.73 bits per heavy atom. The molecule has 0 unspecified atom stereocenters. The molecule has 0 spiro atoms. The van der Waals surface area contributed by atoms with E-state index < -0.39 is 0 Å². The Labute approximate surface area is 69.8 Å². The zero-order valence-corrected chi connectivity index (χ0v) is 7.27. The van der Waals surface area contributed by atoms with E-state index in [0.717, 1.165) is 10.9 Å². The first-order chi connectivity index (χ1) is 5.34. The molecule has 0 atom stereocenters. The normalized spacial score (nSPS) is 10.4. The summed E-state index contributed by atoms with van der Waals surface area (Å²) in [5, 5.41) is 0.957. The smallest absolute Gasteiger partial charge is 0.167 e. The molecule has 1 aromatic rings. The largest absolute Gasteiger partial charge is 0.329 e. The van der Waals surface area contributed by atoms with Gasteiger partial charge in [0.05, 0.1) is 6.67 Å². The van der Waals surface area contributed by atoms with Gasteiger partial charge in [0.2, 0.25) is 0 Å². The number of hydrogen-bond donors (Lipinski definition) is 0. The van der Waals surface area contributed by atoms with Gasteiger partial charge in [-0.1, -0.05) is 11.8 Å². The fourth-order valence-corrected chi connectivity index (χ4v) is 1.54. The van der Waals surface area contributed by atoms with E-state index in [-0.39, 0.29) is 6.67 Å². The predicted molar refractivity (Wildman–Crippen MR) is 44.5 cm³/mol. The van der Waals surface area contributed by atoms with Crippen LogP contribution in [0, 0.1) is 0 Å². The molecular formula is C7H11FN2S. The van der Waals surface area contributed by atoms with E-state index in [1.54, 1.807) is 18.0 Å². The van der Waals surface area contributed by atoms with Gasteiger partial charge < -0.3 is 4.57 Å². The molecule has 0 bridgehead atoms. The van der Waals surface area contributed by atoms with E-state index in [1.165, 1.54) is 0 Å². The minimum Gasteiger partial charge on any atom is -0.329 e. The van der Waals surface area contributed by atoms with Crippen molar-refractivity contribution in [2.75, 3.05) is 12.4 Å². The van der Waals surface area contributed by atoms with Crippen molar-refractivity contribution >= 4 is 11.8 Å². The van der Waals surface area contributed by atoms with Gasteiger partial charge in [-0.3, -0.25) is 4.39 Å². The standard InChI is InChI=1S/C7H11FN2S/c1-10-5-4-9-7(10)11-6-2-3-8/h4-5H,2-3,6H2,1H3. The van der Waals surface area contributed by atoms with E-state index in [0.29, 0.717) is 6.42 Å². The maximum absolute atomic E-state index is 11.7. The summed E-state index contributed by atoms with van der Waals surface area (Å²) in [6, 6.07) is 0. The molecular weight excluding hydrogens is 163 g/mol. The molecule has 1 aromatic heterocycles. The van der Waals surface area contributed by atoms with Crippen molar-refractivity contribution in [3.05, 3.63) is 12.4 Å². The number of rotatable bonds is 4. The van der Waals surface area contributed by atoms with Crippen LogP contribution in [0.2, 0.25) is 0 Å². The molecule has 0 aliphatic carbocycles. The van der Waals surface area contributed by atoms with Crippen molar-refractivity contribution in [1.29, 1.82) is 0 Å². The predicted octanol–water partition coefficient (Wildman–Crippen LogP) is 1.87. The van der Waals surface area contributed by atoms with Crippen LogP contribution in [0.25, 0.3) is 0 Å². The van der Waals surface area contributed by atoms with E-state index in [9.17, 15) is 4.39 Å². The van der Waals surface area contributed by atoms with E-state index in [1.807, 2.05) is 17.8 Å². The second kappa shape index (κ2) is 4.38. The first-order valence-corrected chi connectivity index (χ1v) is 4.49. The Hall–Kier alpha value is -0.510. The molecule has 0 fully saturated rings. The van der Waals surface area contributed by atoms with Crippen LogP contribution >= 0.6 is 11.8 Å². The average Bonchev–Trinajstić information content (AvgIpc) is 2.37. The Morgan fingerprint density at radius 2 is 2.55 bits per heavy atom. The monoisotopic (exact) mass is 174 g/mol. The van der Waals surface area contributed by atoms with Crippen molar-refractivity contribution in [1.82, 2.24) is 9.55 Å². The van der Waals surface area contributed by atoms with Gasteiger partial charge in [-0.15, -0.1) is 0 Å². The summed E-state index contributed by atoms with van der Waals surface area (Å²) in [7, 11) is 1.94. The number of aromatic nitrogens is 2. The van der Waals surface area contributed by atoms with Crippen molar-refractivity contribution in [2.24, 2.45) is 7.05 Å². The Morgan fingerprint density at radius 3 is 3.09 bits per heavy atom. The number of thioether (sulfide) groups is 1. The number of halogens is 1. The van der Waals surface area contributed by atoms with E-state index in [4.69, 9.17) is 0 Å². The third kappa shape index (κ3) is 2.54. The molecule has 62 valence electrons. The summed E-state index contributed by atoms with van der Waals surface area (Å²) in [5.41, 5.74) is 0. The van der Waals surface area contributed by atoms with Gasteiger partial charge in [0.1, 0.15) is 0 Å². The first kappa shape index (κ1) is 8.59. The number of imidazole rings is 1. The highest BCUT2D eigenvalue weighted by molar-refractivity contribution is 7.99. The fourth-order valence-electron chi connectivity index (χ4n) is 0.709. The van der Waals surface area contributed by atoms with Crippen molar-refractivity contribution < 1.29 is 4.39 Å². The maximum atomic E-state index is 11.7. The molecule has 4 heteroatoms. The lowest BCUT2D eigenvalue weighted by atomic mass is 10.6. The first-order valence-electron chi connectivity index (χ1n) is 3.50. The van der Waals surface area contributed by atoms with Crippen LogP contribution in [0.15, 0.2) is 17.6 Å². The highest BCUT2D eigenvalue weighted by Gasteiger charge is 1.97. The van der Waals surface area contributed by atoms with Crippen molar-refractivity contribution in [2.45, 2.75) is 11.6 Å². The summed E-state index contributed by atoms with van der Waals surface area (Å²) in [4.78, 5) is 4.09. The molecule has 2 nitrogen and oxygen atoms in total. The number of alkyl halides is 1. The summed E-state index contributed by atoms with van der Waals surface area (Å²) < 4.78 is 13.6. The Balaban J connectivity index is 2.32. The summed E-state index contributed by atoms with van der Waals surface area (Å²) in [5.74, 6) is 0.807. The molecule has 0 aliphatic heterocycles. The zero-order valence-electron chi connectivity index (χ0n) is 6.46. The second-order valence-corrected chi connectivity index (χ2v) is 3.27. The fraction of sp³-hybridized carbons (Fsp3) is 0.571. The van der Waals surface area contributed by atoms with Gasteiger partial charge in [-0.25, -0.2) is 4.98 Å². The molecule has 11 heavy (non-hydrogen) atoms. The Kier molecular flexibility index (Phi) is 3.42.